The molecule has 1 saturated carbocycles. The molecule has 114 valence electrons. The van der Waals surface area contributed by atoms with E-state index in [-0.39, 0.29) is 11.9 Å². The third-order valence-electron chi connectivity index (χ3n) is 4.32. The molecule has 1 aromatic rings. The van der Waals surface area contributed by atoms with E-state index in [4.69, 9.17) is 0 Å². The lowest BCUT2D eigenvalue weighted by molar-refractivity contribution is -0.117. The molecule has 1 aromatic carbocycles. The van der Waals surface area contributed by atoms with Crippen LogP contribution in [0.4, 0.5) is 11.4 Å². The van der Waals surface area contributed by atoms with Gasteiger partial charge in [-0.3, -0.25) is 4.79 Å². The number of benzene rings is 1. The van der Waals surface area contributed by atoms with Crippen molar-refractivity contribution >= 4 is 33.2 Å². The van der Waals surface area contributed by atoms with E-state index in [2.05, 4.69) is 57.4 Å². The fourth-order valence-electron chi connectivity index (χ4n) is 2.94. The number of likely N-dealkylation sites (N-methyl/N-ethyl adjacent to an activating group) is 1. The van der Waals surface area contributed by atoms with Gasteiger partial charge < -0.3 is 15.5 Å². The van der Waals surface area contributed by atoms with Gasteiger partial charge in [-0.05, 0) is 67.7 Å². The zero-order valence-electron chi connectivity index (χ0n) is 12.7. The van der Waals surface area contributed by atoms with Gasteiger partial charge in [0, 0.05) is 28.3 Å². The molecular weight excluding hydrogens is 330 g/mol. The largest absolute Gasteiger partial charge is 0.368 e. The molecule has 1 heterocycles. The van der Waals surface area contributed by atoms with E-state index in [1.54, 1.807) is 0 Å². The van der Waals surface area contributed by atoms with Gasteiger partial charge >= 0.3 is 0 Å². The molecule has 0 radical (unpaired) electrons. The minimum Gasteiger partial charge on any atom is -0.368 e. The molecule has 3 rings (SSSR count). The summed E-state index contributed by atoms with van der Waals surface area (Å²) in [6.45, 7) is 5.53. The molecule has 1 unspecified atom stereocenters. The topological polar surface area (TPSA) is 44.4 Å². The second-order valence-corrected chi connectivity index (χ2v) is 7.15. The molecule has 1 aliphatic heterocycles. The minimum atomic E-state index is -0.249. The van der Waals surface area contributed by atoms with E-state index in [1.807, 2.05) is 7.05 Å². The lowest BCUT2D eigenvalue weighted by Crippen LogP contribution is -2.33. The minimum absolute atomic E-state index is 0.0230. The number of carbonyl (C=O) groups is 1. The highest BCUT2D eigenvalue weighted by molar-refractivity contribution is 9.10. The molecule has 0 aromatic heterocycles. The number of carbonyl (C=O) groups excluding carboxylic acids is 1. The van der Waals surface area contributed by atoms with Crippen LogP contribution in [0.3, 0.4) is 0 Å². The average molecular weight is 352 g/mol. The summed E-state index contributed by atoms with van der Waals surface area (Å²) in [4.78, 5) is 14.4. The lowest BCUT2D eigenvalue weighted by Gasteiger charge is -2.30. The fourth-order valence-corrected chi connectivity index (χ4v) is 3.53. The van der Waals surface area contributed by atoms with E-state index in [1.165, 1.54) is 18.5 Å². The Hall–Kier alpha value is -1.07. The Labute approximate surface area is 134 Å². The molecule has 0 spiro atoms. The summed E-state index contributed by atoms with van der Waals surface area (Å²) in [5, 5.41) is 6.04. The van der Waals surface area contributed by atoms with Crippen LogP contribution >= 0.6 is 15.9 Å². The second kappa shape index (κ2) is 5.61. The zero-order chi connectivity index (χ0) is 15.1. The Balaban J connectivity index is 1.96. The smallest absolute Gasteiger partial charge is 0.246 e. The predicted octanol–water partition coefficient (Wildman–Crippen LogP) is 3.29. The van der Waals surface area contributed by atoms with E-state index >= 15 is 0 Å². The van der Waals surface area contributed by atoms with Crippen LogP contribution in [0.2, 0.25) is 0 Å². The molecule has 5 heteroatoms. The first-order valence-corrected chi connectivity index (χ1v) is 8.38. The standard InChI is InChI=1S/C16H22BrN3O/c1-9(2)20(8-10-4-5-10)14-7-13-11(6-12(14)17)15(18-3)16(21)19-13/h6-7,9-10,15,18H,4-5,8H2,1-3H3,(H,19,21). The summed E-state index contributed by atoms with van der Waals surface area (Å²) in [5.74, 6) is 0.849. The van der Waals surface area contributed by atoms with Gasteiger partial charge in [-0.15, -0.1) is 0 Å². The van der Waals surface area contributed by atoms with E-state index in [0.717, 1.165) is 28.2 Å². The van der Waals surface area contributed by atoms with Crippen molar-refractivity contribution in [3.05, 3.63) is 22.2 Å². The van der Waals surface area contributed by atoms with Crippen molar-refractivity contribution in [2.24, 2.45) is 5.92 Å². The van der Waals surface area contributed by atoms with Crippen LogP contribution in [-0.4, -0.2) is 25.5 Å². The molecule has 2 N–H and O–H groups in total. The SMILES string of the molecule is CNC1C(=O)Nc2cc(N(CC3CC3)C(C)C)c(Br)cc21. The molecule has 1 amide bonds. The predicted molar refractivity (Wildman–Crippen MR) is 89.8 cm³/mol. The highest BCUT2D eigenvalue weighted by Crippen LogP contribution is 2.41. The van der Waals surface area contributed by atoms with Crippen LogP contribution in [0.25, 0.3) is 0 Å². The van der Waals surface area contributed by atoms with Gasteiger partial charge in [0.15, 0.2) is 0 Å². The highest BCUT2D eigenvalue weighted by atomic mass is 79.9. The van der Waals surface area contributed by atoms with Gasteiger partial charge in [0.1, 0.15) is 6.04 Å². The van der Waals surface area contributed by atoms with Crippen LogP contribution in [0, 0.1) is 5.92 Å². The monoisotopic (exact) mass is 351 g/mol. The average Bonchev–Trinajstić information content (AvgIpc) is 3.18. The van der Waals surface area contributed by atoms with Crippen LogP contribution in [-0.2, 0) is 4.79 Å². The number of rotatable bonds is 5. The molecule has 0 bridgehead atoms. The molecule has 2 aliphatic rings. The molecular formula is C16H22BrN3O. The van der Waals surface area contributed by atoms with E-state index in [9.17, 15) is 4.79 Å². The Bertz CT molecular complexity index is 569. The number of halogens is 1. The van der Waals surface area contributed by atoms with Crippen molar-refractivity contribution in [2.75, 3.05) is 23.8 Å². The Morgan fingerprint density at radius 1 is 1.43 bits per heavy atom. The number of hydrogen-bond donors (Lipinski definition) is 2. The third-order valence-corrected chi connectivity index (χ3v) is 4.96. The Morgan fingerprint density at radius 3 is 2.71 bits per heavy atom. The summed E-state index contributed by atoms with van der Waals surface area (Å²) < 4.78 is 1.06. The summed E-state index contributed by atoms with van der Waals surface area (Å²) in [5.41, 5.74) is 3.12. The van der Waals surface area contributed by atoms with E-state index < -0.39 is 0 Å². The number of anilines is 2. The molecule has 4 nitrogen and oxygen atoms in total. The maximum Gasteiger partial charge on any atom is 0.246 e. The normalized spacial score (nSPS) is 20.6. The summed E-state index contributed by atoms with van der Waals surface area (Å²) in [7, 11) is 1.81. The lowest BCUT2D eigenvalue weighted by atomic mass is 10.1. The highest BCUT2D eigenvalue weighted by Gasteiger charge is 2.32. The first-order chi connectivity index (χ1) is 10.0. The van der Waals surface area contributed by atoms with Gasteiger partial charge in [0.2, 0.25) is 5.91 Å². The maximum absolute atomic E-state index is 12.0. The van der Waals surface area contributed by atoms with Crippen molar-refractivity contribution in [3.8, 4) is 0 Å². The number of nitrogens with zero attached hydrogens (tertiary/aromatic N) is 1. The van der Waals surface area contributed by atoms with E-state index in [0.29, 0.717) is 6.04 Å². The number of nitrogens with one attached hydrogen (secondary N) is 2. The first kappa shape index (κ1) is 14.9. The third kappa shape index (κ3) is 2.81. The summed E-state index contributed by atoms with van der Waals surface area (Å²) in [6, 6.07) is 4.38. The van der Waals surface area contributed by atoms with Crippen molar-refractivity contribution in [3.63, 3.8) is 0 Å². The molecule has 1 aliphatic carbocycles. The van der Waals surface area contributed by atoms with Crippen molar-refractivity contribution < 1.29 is 4.79 Å². The van der Waals surface area contributed by atoms with Crippen molar-refractivity contribution in [1.82, 2.24) is 5.32 Å². The second-order valence-electron chi connectivity index (χ2n) is 6.29. The molecule has 21 heavy (non-hydrogen) atoms. The maximum atomic E-state index is 12.0. The van der Waals surface area contributed by atoms with Crippen LogP contribution < -0.4 is 15.5 Å². The zero-order valence-corrected chi connectivity index (χ0v) is 14.3. The summed E-state index contributed by atoms with van der Waals surface area (Å²) >= 11 is 3.70. The quantitative estimate of drug-likeness (QED) is 0.855. The van der Waals surface area contributed by atoms with Crippen molar-refractivity contribution in [1.29, 1.82) is 0 Å². The van der Waals surface area contributed by atoms with Gasteiger partial charge in [0.05, 0.1) is 5.69 Å². The molecule has 1 fully saturated rings. The van der Waals surface area contributed by atoms with Crippen LogP contribution in [0.1, 0.15) is 38.3 Å². The van der Waals surface area contributed by atoms with Gasteiger partial charge in [-0.2, -0.15) is 0 Å². The Kier molecular flexibility index (Phi) is 3.97. The summed E-state index contributed by atoms with van der Waals surface area (Å²) in [6.07, 6.45) is 2.68. The van der Waals surface area contributed by atoms with Crippen LogP contribution in [0.5, 0.6) is 0 Å². The van der Waals surface area contributed by atoms with Crippen LogP contribution in [0.15, 0.2) is 16.6 Å². The molecule has 1 atom stereocenters. The fraction of sp³-hybridized carbons (Fsp3) is 0.562. The first-order valence-electron chi connectivity index (χ1n) is 7.59. The number of amides is 1. The van der Waals surface area contributed by atoms with Gasteiger partial charge in [-0.1, -0.05) is 0 Å². The number of fused-ring (bicyclic) bond motifs is 1. The molecule has 0 saturated heterocycles. The van der Waals surface area contributed by atoms with Crippen molar-refractivity contribution in [2.45, 2.75) is 38.8 Å². The Morgan fingerprint density at radius 2 is 2.14 bits per heavy atom. The van der Waals surface area contributed by atoms with Gasteiger partial charge in [-0.25, -0.2) is 0 Å². The number of hydrogen-bond acceptors (Lipinski definition) is 3. The van der Waals surface area contributed by atoms with Gasteiger partial charge in [0.25, 0.3) is 0 Å².